The summed E-state index contributed by atoms with van der Waals surface area (Å²) in [5, 5.41) is 5.80. The summed E-state index contributed by atoms with van der Waals surface area (Å²) >= 11 is 0. The summed E-state index contributed by atoms with van der Waals surface area (Å²) in [4.78, 5) is 19.2. The average Bonchev–Trinajstić information content (AvgIpc) is 3.37. The first-order valence-electron chi connectivity index (χ1n) is 12.4. The van der Waals surface area contributed by atoms with Crippen molar-refractivity contribution in [2.75, 3.05) is 25.5 Å². The molecule has 1 unspecified atom stereocenters. The van der Waals surface area contributed by atoms with Crippen LogP contribution in [0.2, 0.25) is 0 Å². The molecule has 0 spiro atoms. The van der Waals surface area contributed by atoms with Gasteiger partial charge in [0.1, 0.15) is 5.84 Å². The van der Waals surface area contributed by atoms with Gasteiger partial charge in [-0.3, -0.25) is 9.79 Å². The molecule has 2 aliphatic heterocycles. The summed E-state index contributed by atoms with van der Waals surface area (Å²) in [7, 11) is 1.72. The molecule has 37 heavy (non-hydrogen) atoms. The van der Waals surface area contributed by atoms with Gasteiger partial charge in [0, 0.05) is 49.1 Å². The van der Waals surface area contributed by atoms with E-state index in [4.69, 9.17) is 0 Å². The molecule has 4 rings (SSSR count). The standard InChI is InChI=1S/C29H31F3N4O/c1-4-19(2)26(25-12-13-34-27(25)33-3)36-14-8-11-21(18-36)22-15-23(29(30,31)32)17-24(16-22)35-28(37)20-9-6-5-7-10-20/h5-7,9-10,12-13,15-17,21H,2,4,8,11,14,18H2,1,3H3,(H,33,34)(H,35,37)/b26-25+. The van der Waals surface area contributed by atoms with Crippen LogP contribution in [-0.4, -0.2) is 36.8 Å². The Balaban J connectivity index is 1.67. The van der Waals surface area contributed by atoms with Crippen molar-refractivity contribution in [1.29, 1.82) is 0 Å². The first kappa shape index (κ1) is 26.3. The predicted octanol–water partition coefficient (Wildman–Crippen LogP) is 6.50. The van der Waals surface area contributed by atoms with Gasteiger partial charge < -0.3 is 15.5 Å². The highest BCUT2D eigenvalue weighted by atomic mass is 19.4. The van der Waals surface area contributed by atoms with Crippen LogP contribution in [0.25, 0.3) is 0 Å². The zero-order valence-corrected chi connectivity index (χ0v) is 21.0. The van der Waals surface area contributed by atoms with Crippen molar-refractivity contribution in [3.63, 3.8) is 0 Å². The van der Waals surface area contributed by atoms with Crippen molar-refractivity contribution in [3.05, 3.63) is 101 Å². The van der Waals surface area contributed by atoms with Crippen LogP contribution < -0.4 is 10.6 Å². The van der Waals surface area contributed by atoms with Gasteiger partial charge in [-0.15, -0.1) is 0 Å². The molecule has 8 heteroatoms. The Morgan fingerprint density at radius 2 is 1.97 bits per heavy atom. The lowest BCUT2D eigenvalue weighted by Gasteiger charge is -2.38. The van der Waals surface area contributed by atoms with Crippen LogP contribution >= 0.6 is 0 Å². The molecule has 2 aromatic carbocycles. The lowest BCUT2D eigenvalue weighted by Crippen LogP contribution is -2.36. The number of benzene rings is 2. The van der Waals surface area contributed by atoms with Crippen LogP contribution in [0.3, 0.4) is 0 Å². The van der Waals surface area contributed by atoms with E-state index in [1.807, 2.05) is 19.2 Å². The first-order chi connectivity index (χ1) is 17.7. The Bertz CT molecular complexity index is 1260. The lowest BCUT2D eigenvalue weighted by molar-refractivity contribution is -0.137. The van der Waals surface area contributed by atoms with Gasteiger partial charge in [-0.05, 0) is 66.8 Å². The van der Waals surface area contributed by atoms with Crippen LogP contribution in [0, 0.1) is 0 Å². The molecule has 1 saturated heterocycles. The minimum atomic E-state index is -4.53. The number of hydrogen-bond donors (Lipinski definition) is 2. The smallest absolute Gasteiger partial charge is 0.370 e. The highest BCUT2D eigenvalue weighted by Gasteiger charge is 2.33. The Hall–Kier alpha value is -3.81. The van der Waals surface area contributed by atoms with Crippen LogP contribution in [-0.2, 0) is 6.18 Å². The number of carbonyl (C=O) groups is 1. The van der Waals surface area contributed by atoms with E-state index in [0.29, 0.717) is 17.7 Å². The number of allylic oxidation sites excluding steroid dienone is 1. The van der Waals surface area contributed by atoms with Gasteiger partial charge in [0.15, 0.2) is 0 Å². The van der Waals surface area contributed by atoms with Gasteiger partial charge in [0.25, 0.3) is 5.91 Å². The second-order valence-corrected chi connectivity index (χ2v) is 9.22. The molecular formula is C29H31F3N4O. The maximum absolute atomic E-state index is 13.8. The largest absolute Gasteiger partial charge is 0.416 e. The van der Waals surface area contributed by atoms with Gasteiger partial charge in [0.05, 0.1) is 11.3 Å². The molecule has 1 atom stereocenters. The van der Waals surface area contributed by atoms with Crippen LogP contribution in [0.4, 0.5) is 18.9 Å². The number of halogens is 3. The number of nitrogens with zero attached hydrogens (tertiary/aromatic N) is 2. The predicted molar refractivity (Wildman–Crippen MR) is 141 cm³/mol. The molecule has 0 saturated carbocycles. The normalized spacial score (nSPS) is 20.1. The number of amides is 1. The number of aliphatic imine (C=N–C) groups is 1. The third kappa shape index (κ3) is 5.96. The highest BCUT2D eigenvalue weighted by Crippen LogP contribution is 2.38. The Morgan fingerprint density at radius 1 is 1.22 bits per heavy atom. The van der Waals surface area contributed by atoms with Gasteiger partial charge in [-0.1, -0.05) is 31.7 Å². The molecule has 0 aromatic heterocycles. The fourth-order valence-corrected chi connectivity index (χ4v) is 4.86. The van der Waals surface area contributed by atoms with E-state index in [-0.39, 0.29) is 11.6 Å². The first-order valence-corrected chi connectivity index (χ1v) is 12.4. The van der Waals surface area contributed by atoms with Crippen LogP contribution in [0.15, 0.2) is 89.2 Å². The Kier molecular flexibility index (Phi) is 7.86. The Morgan fingerprint density at radius 3 is 2.65 bits per heavy atom. The molecular weight excluding hydrogens is 477 g/mol. The van der Waals surface area contributed by atoms with E-state index in [9.17, 15) is 18.0 Å². The lowest BCUT2D eigenvalue weighted by atomic mass is 9.88. The highest BCUT2D eigenvalue weighted by molar-refractivity contribution is 6.05. The average molecular weight is 509 g/mol. The number of amidine groups is 1. The van der Waals surface area contributed by atoms with Crippen molar-refractivity contribution in [2.24, 2.45) is 4.99 Å². The molecule has 2 heterocycles. The maximum atomic E-state index is 13.8. The van der Waals surface area contributed by atoms with Crippen LogP contribution in [0.5, 0.6) is 0 Å². The van der Waals surface area contributed by atoms with Crippen molar-refractivity contribution >= 4 is 17.4 Å². The number of alkyl halides is 3. The zero-order valence-electron chi connectivity index (χ0n) is 21.0. The number of piperidine rings is 1. The van der Waals surface area contributed by atoms with Crippen molar-refractivity contribution in [2.45, 2.75) is 38.3 Å². The minimum Gasteiger partial charge on any atom is -0.370 e. The number of likely N-dealkylation sites (tertiary alicyclic amines) is 1. The summed E-state index contributed by atoms with van der Waals surface area (Å²) in [6.45, 7) is 7.62. The van der Waals surface area contributed by atoms with E-state index in [1.165, 1.54) is 6.07 Å². The number of anilines is 1. The molecule has 1 fully saturated rings. The molecule has 1 amide bonds. The fourth-order valence-electron chi connectivity index (χ4n) is 4.86. The van der Waals surface area contributed by atoms with Gasteiger partial charge in [-0.2, -0.15) is 13.2 Å². The van der Waals surface area contributed by atoms with Gasteiger partial charge in [0.2, 0.25) is 0 Å². The van der Waals surface area contributed by atoms with Crippen LogP contribution in [0.1, 0.15) is 53.6 Å². The third-order valence-corrected chi connectivity index (χ3v) is 6.75. The Labute approximate surface area is 215 Å². The second-order valence-electron chi connectivity index (χ2n) is 9.22. The SMILES string of the molecule is C=C(CC)/C(=C1/C=CNC1=NC)N1CCCC(c2cc(NC(=O)c3ccccc3)cc(C(F)(F)F)c2)C1. The van der Waals surface area contributed by atoms with Crippen molar-refractivity contribution in [3.8, 4) is 0 Å². The van der Waals surface area contributed by atoms with E-state index in [1.54, 1.807) is 43.4 Å². The minimum absolute atomic E-state index is 0.135. The summed E-state index contributed by atoms with van der Waals surface area (Å²) < 4.78 is 41.5. The van der Waals surface area contributed by atoms with Gasteiger partial charge >= 0.3 is 6.18 Å². The number of carbonyl (C=O) groups excluding carboxylic acids is 1. The molecule has 0 bridgehead atoms. The summed E-state index contributed by atoms with van der Waals surface area (Å²) in [6.07, 6.45) is 1.56. The molecule has 0 radical (unpaired) electrons. The number of hydrogen-bond acceptors (Lipinski definition) is 3. The molecule has 2 N–H and O–H groups in total. The molecule has 5 nitrogen and oxygen atoms in total. The van der Waals surface area contributed by atoms with Crippen molar-refractivity contribution < 1.29 is 18.0 Å². The van der Waals surface area contributed by atoms with E-state index >= 15 is 0 Å². The van der Waals surface area contributed by atoms with Crippen molar-refractivity contribution in [1.82, 2.24) is 10.2 Å². The maximum Gasteiger partial charge on any atom is 0.416 e. The summed E-state index contributed by atoms with van der Waals surface area (Å²) in [6, 6.07) is 12.3. The third-order valence-electron chi connectivity index (χ3n) is 6.75. The van der Waals surface area contributed by atoms with E-state index in [2.05, 4.69) is 27.1 Å². The summed E-state index contributed by atoms with van der Waals surface area (Å²) in [5.41, 5.74) is 3.16. The molecule has 0 aliphatic carbocycles. The monoisotopic (exact) mass is 508 g/mol. The number of rotatable bonds is 6. The fraction of sp³-hybridized carbons (Fsp3) is 0.310. The topological polar surface area (TPSA) is 56.7 Å². The number of nitrogens with one attached hydrogen (secondary N) is 2. The zero-order chi connectivity index (χ0) is 26.6. The van der Waals surface area contributed by atoms with E-state index in [0.717, 1.165) is 54.6 Å². The summed E-state index contributed by atoms with van der Waals surface area (Å²) in [5.74, 6) is 0.148. The quantitative estimate of drug-likeness (QED) is 0.468. The molecule has 194 valence electrons. The molecule has 2 aromatic rings. The second kappa shape index (κ2) is 11.1. The van der Waals surface area contributed by atoms with Gasteiger partial charge in [-0.25, -0.2) is 0 Å². The van der Waals surface area contributed by atoms with E-state index < -0.39 is 17.6 Å². The molecule has 2 aliphatic rings.